The van der Waals surface area contributed by atoms with Gasteiger partial charge in [0.15, 0.2) is 12.4 Å². The van der Waals surface area contributed by atoms with Crippen molar-refractivity contribution < 1.29 is 28.8 Å². The van der Waals surface area contributed by atoms with Crippen molar-refractivity contribution in [2.24, 2.45) is 23.7 Å². The summed E-state index contributed by atoms with van der Waals surface area (Å²) in [6.45, 7) is -0.560. The summed E-state index contributed by atoms with van der Waals surface area (Å²) in [5.74, 6) is -1.92. The third-order valence-electron chi connectivity index (χ3n) is 8.62. The molecule has 11 heteroatoms. The minimum absolute atomic E-state index is 0.121. The van der Waals surface area contributed by atoms with Crippen molar-refractivity contribution in [2.75, 3.05) is 11.5 Å². The number of nitro groups is 1. The number of fused-ring (bicyclic) bond motifs is 6. The van der Waals surface area contributed by atoms with Crippen molar-refractivity contribution in [3.05, 3.63) is 111 Å². The molecule has 4 atom stereocenters. The molecular formula is C33H22BrN3O7. The lowest BCUT2D eigenvalue weighted by molar-refractivity contribution is -0.384. The number of non-ortho nitro benzene ring substituents is 1. The number of imide groups is 1. The summed E-state index contributed by atoms with van der Waals surface area (Å²) in [7, 11) is 0. The fraction of sp³-hybridized carbons (Fsp3) is 0.182. The number of rotatable bonds is 7. The molecule has 2 bridgehead atoms. The van der Waals surface area contributed by atoms with Crippen molar-refractivity contribution in [3.8, 4) is 11.3 Å². The molecule has 2 fully saturated rings. The van der Waals surface area contributed by atoms with Crippen molar-refractivity contribution in [1.82, 2.24) is 4.98 Å². The third-order valence-corrected chi connectivity index (χ3v) is 9.11. The third kappa shape index (κ3) is 4.60. The van der Waals surface area contributed by atoms with E-state index in [1.54, 1.807) is 48.5 Å². The predicted octanol–water partition coefficient (Wildman–Crippen LogP) is 5.92. The molecule has 2 amide bonds. The molecule has 2 aliphatic carbocycles. The first-order chi connectivity index (χ1) is 21.2. The Labute approximate surface area is 258 Å². The first kappa shape index (κ1) is 27.8. The fourth-order valence-electron chi connectivity index (χ4n) is 6.51. The number of hydrogen-bond donors (Lipinski definition) is 0. The van der Waals surface area contributed by atoms with Crippen LogP contribution >= 0.6 is 15.9 Å². The Kier molecular flexibility index (Phi) is 6.69. The van der Waals surface area contributed by atoms with Crippen molar-refractivity contribution in [2.45, 2.75) is 6.42 Å². The number of hydrogen-bond acceptors (Lipinski definition) is 8. The lowest BCUT2D eigenvalue weighted by Gasteiger charge is -2.17. The summed E-state index contributed by atoms with van der Waals surface area (Å²) in [5.41, 5.74) is 2.32. The number of pyridine rings is 1. The monoisotopic (exact) mass is 651 g/mol. The van der Waals surface area contributed by atoms with Gasteiger partial charge in [0, 0.05) is 33.1 Å². The van der Waals surface area contributed by atoms with Gasteiger partial charge in [-0.25, -0.2) is 9.78 Å². The van der Waals surface area contributed by atoms with Crippen LogP contribution in [0.1, 0.15) is 27.1 Å². The number of ether oxygens (including phenoxy) is 1. The zero-order chi connectivity index (χ0) is 30.7. The Morgan fingerprint density at radius 1 is 0.932 bits per heavy atom. The summed E-state index contributed by atoms with van der Waals surface area (Å²) in [6.07, 6.45) is 4.98. The van der Waals surface area contributed by atoms with Crippen LogP contribution < -0.4 is 4.90 Å². The van der Waals surface area contributed by atoms with Crippen LogP contribution in [0.3, 0.4) is 0 Å². The molecule has 0 N–H and O–H groups in total. The topological polar surface area (TPSA) is 137 Å². The molecule has 44 heavy (non-hydrogen) atoms. The number of anilines is 1. The largest absolute Gasteiger partial charge is 0.454 e. The molecule has 3 aliphatic rings. The van der Waals surface area contributed by atoms with Gasteiger partial charge in [0.05, 0.1) is 39.2 Å². The molecule has 3 aromatic carbocycles. The normalized spacial score (nSPS) is 21.6. The summed E-state index contributed by atoms with van der Waals surface area (Å²) >= 11 is 3.42. The highest BCUT2D eigenvalue weighted by Crippen LogP contribution is 2.53. The standard InChI is InChI=1S/C33H22BrN3O7/c34-21-7-12-26-24(14-21)25(33(41)44-16-28(38)18-5-10-23(11-6-18)37(42)43)15-27(35-26)17-3-8-22(9-4-17)36-31(39)29-19-1-2-20(13-19)30(29)32(36)40/h1-12,14-15,19-20,29-30H,13,16H2. The number of carbonyl (C=O) groups excluding carboxylic acids is 4. The molecule has 7 rings (SSSR count). The molecule has 1 saturated carbocycles. The maximum Gasteiger partial charge on any atom is 0.339 e. The smallest absolute Gasteiger partial charge is 0.339 e. The Morgan fingerprint density at radius 2 is 1.59 bits per heavy atom. The number of benzene rings is 3. The van der Waals surface area contributed by atoms with Crippen molar-refractivity contribution >= 4 is 61.8 Å². The summed E-state index contributed by atoms with van der Waals surface area (Å²) in [6, 6.07) is 18.8. The van der Waals surface area contributed by atoms with E-state index in [0.29, 0.717) is 32.3 Å². The van der Waals surface area contributed by atoms with E-state index >= 15 is 0 Å². The van der Waals surface area contributed by atoms with E-state index in [9.17, 15) is 29.3 Å². The van der Waals surface area contributed by atoms with E-state index < -0.39 is 23.3 Å². The van der Waals surface area contributed by atoms with Gasteiger partial charge in [0.2, 0.25) is 11.8 Å². The summed E-state index contributed by atoms with van der Waals surface area (Å²) in [5, 5.41) is 11.4. The Balaban J connectivity index is 1.14. The van der Waals surface area contributed by atoms with Gasteiger partial charge in [0.1, 0.15) is 0 Å². The molecule has 1 aromatic heterocycles. The SMILES string of the molecule is O=C(COC(=O)c1cc(-c2ccc(N3C(=O)C4C5C=CC(C5)C4C3=O)cc2)nc2ccc(Br)cc12)c1ccc([N+](=O)[O-])cc1. The molecule has 4 aromatic rings. The van der Waals surface area contributed by atoms with Crippen LogP contribution in [0.5, 0.6) is 0 Å². The molecular weight excluding hydrogens is 630 g/mol. The number of amides is 2. The van der Waals surface area contributed by atoms with E-state index in [0.717, 1.165) is 6.42 Å². The van der Waals surface area contributed by atoms with Crippen LogP contribution in [0.25, 0.3) is 22.2 Å². The van der Waals surface area contributed by atoms with Crippen molar-refractivity contribution in [1.29, 1.82) is 0 Å². The fourth-order valence-corrected chi connectivity index (χ4v) is 6.88. The first-order valence-corrected chi connectivity index (χ1v) is 14.7. The van der Waals surface area contributed by atoms with E-state index in [2.05, 4.69) is 28.1 Å². The maximum atomic E-state index is 13.3. The van der Waals surface area contributed by atoms with E-state index in [1.165, 1.54) is 29.2 Å². The molecule has 218 valence electrons. The highest BCUT2D eigenvalue weighted by molar-refractivity contribution is 9.10. The second kappa shape index (κ2) is 10.6. The summed E-state index contributed by atoms with van der Waals surface area (Å²) in [4.78, 5) is 68.7. The zero-order valence-corrected chi connectivity index (χ0v) is 24.5. The minimum Gasteiger partial charge on any atom is -0.454 e. The van der Waals surface area contributed by atoms with Gasteiger partial charge in [-0.05, 0) is 66.8 Å². The number of nitro benzene ring substituents is 1. The van der Waals surface area contributed by atoms with Gasteiger partial charge < -0.3 is 4.74 Å². The number of carbonyl (C=O) groups is 4. The lowest BCUT2D eigenvalue weighted by Crippen LogP contribution is -2.32. The van der Waals surface area contributed by atoms with Crippen LogP contribution in [0.2, 0.25) is 0 Å². The second-order valence-corrected chi connectivity index (χ2v) is 12.0. The molecule has 1 saturated heterocycles. The number of nitrogens with zero attached hydrogens (tertiary/aromatic N) is 3. The predicted molar refractivity (Wildman–Crippen MR) is 163 cm³/mol. The quantitative estimate of drug-likeness (QED) is 0.0599. The molecule has 4 unspecified atom stereocenters. The average molecular weight is 652 g/mol. The van der Waals surface area contributed by atoms with Gasteiger partial charge in [-0.2, -0.15) is 0 Å². The second-order valence-electron chi connectivity index (χ2n) is 11.1. The number of allylic oxidation sites excluding steroid dienone is 2. The van der Waals surface area contributed by atoms with Gasteiger partial charge >= 0.3 is 5.97 Å². The number of aromatic nitrogens is 1. The van der Waals surface area contributed by atoms with Crippen LogP contribution in [0.4, 0.5) is 11.4 Å². The highest BCUT2D eigenvalue weighted by atomic mass is 79.9. The Bertz CT molecular complexity index is 1910. The minimum atomic E-state index is -0.744. The molecule has 2 heterocycles. The molecule has 0 spiro atoms. The van der Waals surface area contributed by atoms with Crippen molar-refractivity contribution in [3.63, 3.8) is 0 Å². The van der Waals surface area contributed by atoms with Crippen LogP contribution in [0.15, 0.2) is 89.4 Å². The zero-order valence-electron chi connectivity index (χ0n) is 22.9. The molecule has 0 radical (unpaired) electrons. The van der Waals surface area contributed by atoms with Gasteiger partial charge in [-0.3, -0.25) is 29.4 Å². The number of halogens is 1. The van der Waals surface area contributed by atoms with E-state index in [4.69, 9.17) is 9.72 Å². The summed E-state index contributed by atoms with van der Waals surface area (Å²) < 4.78 is 6.09. The average Bonchev–Trinajstić information content (AvgIpc) is 3.72. The maximum absolute atomic E-state index is 13.3. The first-order valence-electron chi connectivity index (χ1n) is 13.9. The van der Waals surface area contributed by atoms with Crippen LogP contribution in [-0.2, 0) is 14.3 Å². The Hall–Kier alpha value is -5.03. The van der Waals surface area contributed by atoms with E-state index in [-0.39, 0.29) is 52.3 Å². The number of ketones is 1. The highest BCUT2D eigenvalue weighted by Gasteiger charge is 2.59. The van der Waals surface area contributed by atoms with Crippen LogP contribution in [-0.4, -0.2) is 40.1 Å². The molecule has 1 aliphatic heterocycles. The van der Waals surface area contributed by atoms with Gasteiger partial charge in [-0.1, -0.05) is 40.2 Å². The van der Waals surface area contributed by atoms with E-state index in [1.807, 2.05) is 0 Å². The number of Topliss-reactive ketones (excluding diaryl/α,β-unsaturated/α-hetero) is 1. The van der Waals surface area contributed by atoms with Crippen LogP contribution in [0, 0.1) is 33.8 Å². The lowest BCUT2D eigenvalue weighted by atomic mass is 9.85. The Morgan fingerprint density at radius 3 is 2.23 bits per heavy atom. The molecule has 10 nitrogen and oxygen atoms in total. The number of esters is 1. The van der Waals surface area contributed by atoms with Gasteiger partial charge in [0.25, 0.3) is 5.69 Å². The van der Waals surface area contributed by atoms with Gasteiger partial charge in [-0.15, -0.1) is 0 Å².